The molecule has 5 nitrogen and oxygen atoms in total. The Hall–Kier alpha value is -2.91. The third-order valence-corrected chi connectivity index (χ3v) is 6.39. The first kappa shape index (κ1) is 20.8. The van der Waals surface area contributed by atoms with Crippen LogP contribution in [0.2, 0.25) is 0 Å². The van der Waals surface area contributed by atoms with Crippen molar-refractivity contribution < 1.29 is 14.7 Å². The molecule has 1 aliphatic carbocycles. The van der Waals surface area contributed by atoms with Crippen molar-refractivity contribution in [3.63, 3.8) is 0 Å². The molecule has 0 saturated carbocycles. The van der Waals surface area contributed by atoms with Gasteiger partial charge < -0.3 is 15.2 Å². The van der Waals surface area contributed by atoms with E-state index in [1.165, 1.54) is 16.9 Å². The predicted octanol–water partition coefficient (Wildman–Crippen LogP) is 3.99. The molecular formula is C23H23N2O3S-. The van der Waals surface area contributed by atoms with Crippen LogP contribution in [0.4, 0.5) is 5.00 Å². The molecule has 2 atom stereocenters. The largest absolute Gasteiger partial charge is 0.550 e. The van der Waals surface area contributed by atoms with E-state index in [1.54, 1.807) is 6.08 Å². The molecule has 1 amide bonds. The van der Waals surface area contributed by atoms with Gasteiger partial charge in [0.05, 0.1) is 11.5 Å². The van der Waals surface area contributed by atoms with E-state index in [0.717, 1.165) is 16.0 Å². The first-order valence-electron chi connectivity index (χ1n) is 9.64. The number of allylic oxidation sites excluding steroid dienone is 2. The number of hydrogen-bond acceptors (Lipinski definition) is 5. The maximum atomic E-state index is 12.8. The highest BCUT2D eigenvalue weighted by Crippen LogP contribution is 2.40. The number of nitriles is 1. The second-order valence-corrected chi connectivity index (χ2v) is 8.81. The van der Waals surface area contributed by atoms with Gasteiger partial charge in [-0.3, -0.25) is 4.79 Å². The van der Waals surface area contributed by atoms with Gasteiger partial charge in [0, 0.05) is 22.3 Å². The van der Waals surface area contributed by atoms with Gasteiger partial charge in [-0.25, -0.2) is 0 Å². The Morgan fingerprint density at radius 1 is 1.17 bits per heavy atom. The van der Waals surface area contributed by atoms with Crippen LogP contribution >= 0.6 is 11.3 Å². The van der Waals surface area contributed by atoms with E-state index in [2.05, 4.69) is 37.4 Å². The molecule has 6 heteroatoms. The Morgan fingerprint density at radius 2 is 1.79 bits per heavy atom. The second-order valence-electron chi connectivity index (χ2n) is 7.59. The summed E-state index contributed by atoms with van der Waals surface area (Å²) in [7, 11) is 0. The normalized spacial score (nSPS) is 18.4. The van der Waals surface area contributed by atoms with Crippen LogP contribution in [0.15, 0.2) is 36.4 Å². The molecule has 1 aliphatic rings. The van der Waals surface area contributed by atoms with E-state index in [1.807, 2.05) is 25.1 Å². The van der Waals surface area contributed by atoms with E-state index < -0.39 is 17.8 Å². The highest BCUT2D eigenvalue weighted by Gasteiger charge is 2.31. The molecule has 1 aromatic heterocycles. The molecule has 0 aliphatic heterocycles. The minimum Gasteiger partial charge on any atom is -0.550 e. The molecule has 0 unspecified atom stereocenters. The van der Waals surface area contributed by atoms with Crippen molar-refractivity contribution in [2.24, 2.45) is 11.8 Å². The Kier molecular flexibility index (Phi) is 6.19. The van der Waals surface area contributed by atoms with Gasteiger partial charge in [0.25, 0.3) is 0 Å². The van der Waals surface area contributed by atoms with Crippen molar-refractivity contribution in [3.8, 4) is 17.2 Å². The first-order chi connectivity index (χ1) is 13.8. The van der Waals surface area contributed by atoms with E-state index >= 15 is 0 Å². The second kappa shape index (κ2) is 8.62. The number of carbonyl (C=O) groups excluding carboxylic acids is 2. The molecule has 0 radical (unpaired) electrons. The molecule has 150 valence electrons. The zero-order chi connectivity index (χ0) is 21.1. The van der Waals surface area contributed by atoms with Gasteiger partial charge in [0.2, 0.25) is 5.91 Å². The number of hydrogen-bond donors (Lipinski definition) is 1. The molecule has 29 heavy (non-hydrogen) atoms. The average Bonchev–Trinajstić information content (AvgIpc) is 3.02. The first-order valence-corrected chi connectivity index (χ1v) is 10.5. The lowest BCUT2D eigenvalue weighted by Crippen LogP contribution is -2.41. The SMILES string of the molecule is Cc1sc(NC(=O)[C@@H]2CC=CC[C@@H]2C(=O)[O-])c(C#N)c1-c1ccc(C(C)C)cc1. The topological polar surface area (TPSA) is 93.0 Å². The predicted molar refractivity (Wildman–Crippen MR) is 112 cm³/mol. The summed E-state index contributed by atoms with van der Waals surface area (Å²) in [6.07, 6.45) is 4.21. The van der Waals surface area contributed by atoms with Crippen LogP contribution in [-0.2, 0) is 9.59 Å². The van der Waals surface area contributed by atoms with Crippen LogP contribution in [0.25, 0.3) is 11.1 Å². The summed E-state index contributed by atoms with van der Waals surface area (Å²) in [5.74, 6) is -2.74. The molecule has 3 rings (SSSR count). The van der Waals surface area contributed by atoms with Crippen LogP contribution in [0.1, 0.15) is 48.6 Å². The number of amides is 1. The van der Waals surface area contributed by atoms with Gasteiger partial charge in [-0.05, 0) is 36.8 Å². The Morgan fingerprint density at radius 3 is 2.34 bits per heavy atom. The van der Waals surface area contributed by atoms with Crippen molar-refractivity contribution in [1.82, 2.24) is 0 Å². The van der Waals surface area contributed by atoms with Crippen LogP contribution < -0.4 is 10.4 Å². The monoisotopic (exact) mass is 407 g/mol. The standard InChI is InChI=1S/C23H24N2O3S/c1-13(2)15-8-10-16(11-9-15)20-14(3)29-22(19(20)12-24)25-21(26)17-6-4-5-7-18(17)23(27)28/h4-5,8-11,13,17-18H,6-7H2,1-3H3,(H,25,26)(H,27,28)/p-1/t17-,18+/m1/s1. The number of rotatable bonds is 5. The van der Waals surface area contributed by atoms with Gasteiger partial charge in [0.15, 0.2) is 0 Å². The van der Waals surface area contributed by atoms with E-state index in [4.69, 9.17) is 0 Å². The minimum absolute atomic E-state index is 0.280. The van der Waals surface area contributed by atoms with Crippen LogP contribution in [-0.4, -0.2) is 11.9 Å². The Labute approximate surface area is 174 Å². The fourth-order valence-electron chi connectivity index (χ4n) is 3.69. The van der Waals surface area contributed by atoms with Crippen molar-refractivity contribution in [2.45, 2.75) is 39.5 Å². The molecule has 1 aromatic carbocycles. The van der Waals surface area contributed by atoms with Crippen molar-refractivity contribution in [1.29, 1.82) is 5.26 Å². The summed E-state index contributed by atoms with van der Waals surface area (Å²) < 4.78 is 0. The Balaban J connectivity index is 1.91. The summed E-state index contributed by atoms with van der Waals surface area (Å²) in [5, 5.41) is 24.4. The summed E-state index contributed by atoms with van der Waals surface area (Å²) in [6.45, 7) is 6.17. The number of aryl methyl sites for hydroxylation is 1. The molecule has 0 saturated heterocycles. The number of carboxylic acid groups (broad SMARTS) is 1. The molecule has 2 aromatic rings. The quantitative estimate of drug-likeness (QED) is 0.759. The number of nitrogens with zero attached hydrogens (tertiary/aromatic N) is 1. The summed E-state index contributed by atoms with van der Waals surface area (Å²) in [6, 6.07) is 10.3. The summed E-state index contributed by atoms with van der Waals surface area (Å²) >= 11 is 1.34. The van der Waals surface area contributed by atoms with Gasteiger partial charge in [-0.15, -0.1) is 11.3 Å². The summed E-state index contributed by atoms with van der Waals surface area (Å²) in [4.78, 5) is 25.1. The lowest BCUT2D eigenvalue weighted by molar-refractivity contribution is -0.313. The average molecular weight is 408 g/mol. The smallest absolute Gasteiger partial charge is 0.229 e. The number of aliphatic carboxylic acids is 1. The highest BCUT2D eigenvalue weighted by atomic mass is 32.1. The van der Waals surface area contributed by atoms with Crippen LogP contribution in [0, 0.1) is 30.1 Å². The molecular weight excluding hydrogens is 384 g/mol. The maximum Gasteiger partial charge on any atom is 0.229 e. The maximum absolute atomic E-state index is 12.8. The molecule has 0 bridgehead atoms. The van der Waals surface area contributed by atoms with Gasteiger partial charge >= 0.3 is 0 Å². The third kappa shape index (κ3) is 4.25. The van der Waals surface area contributed by atoms with E-state index in [0.29, 0.717) is 22.9 Å². The van der Waals surface area contributed by atoms with Gasteiger partial charge in [0.1, 0.15) is 11.1 Å². The highest BCUT2D eigenvalue weighted by molar-refractivity contribution is 7.17. The van der Waals surface area contributed by atoms with E-state index in [9.17, 15) is 20.0 Å². The number of carbonyl (C=O) groups is 2. The molecule has 1 N–H and O–H groups in total. The number of carboxylic acids is 1. The van der Waals surface area contributed by atoms with Crippen molar-refractivity contribution in [3.05, 3.63) is 52.4 Å². The van der Waals surface area contributed by atoms with Crippen molar-refractivity contribution in [2.75, 3.05) is 5.32 Å². The van der Waals surface area contributed by atoms with E-state index in [-0.39, 0.29) is 12.3 Å². The number of benzene rings is 1. The molecule has 1 heterocycles. The minimum atomic E-state index is -1.22. The lowest BCUT2D eigenvalue weighted by Gasteiger charge is -2.28. The fourth-order valence-corrected chi connectivity index (χ4v) is 4.72. The van der Waals surface area contributed by atoms with Crippen LogP contribution in [0.3, 0.4) is 0 Å². The number of thiophene rings is 1. The number of nitrogens with one attached hydrogen (secondary N) is 1. The zero-order valence-electron chi connectivity index (χ0n) is 16.7. The van der Waals surface area contributed by atoms with Crippen LogP contribution in [0.5, 0.6) is 0 Å². The summed E-state index contributed by atoms with van der Waals surface area (Å²) in [5.41, 5.74) is 3.36. The zero-order valence-corrected chi connectivity index (χ0v) is 17.5. The number of anilines is 1. The molecule has 0 spiro atoms. The molecule has 0 fully saturated rings. The van der Waals surface area contributed by atoms with Gasteiger partial charge in [-0.1, -0.05) is 50.3 Å². The Bertz CT molecular complexity index is 996. The van der Waals surface area contributed by atoms with Gasteiger partial charge in [-0.2, -0.15) is 5.26 Å². The lowest BCUT2D eigenvalue weighted by atomic mass is 9.82. The fraction of sp³-hybridized carbons (Fsp3) is 0.348. The third-order valence-electron chi connectivity index (χ3n) is 5.37. The van der Waals surface area contributed by atoms with Crippen molar-refractivity contribution >= 4 is 28.2 Å².